The zero-order valence-electron chi connectivity index (χ0n) is 21.6. The molecule has 9 heteroatoms. The van der Waals surface area contributed by atoms with Crippen molar-refractivity contribution >= 4 is 25.3 Å². The minimum absolute atomic E-state index is 0.00380. The van der Waals surface area contributed by atoms with Crippen molar-refractivity contribution in [1.82, 2.24) is 0 Å². The van der Waals surface area contributed by atoms with E-state index in [1.54, 1.807) is 24.3 Å². The van der Waals surface area contributed by atoms with E-state index in [0.29, 0.717) is 0 Å². The average molecular weight is 553 g/mol. The fraction of sp³-hybridized carbons (Fsp3) is 0.300. The van der Waals surface area contributed by atoms with Gasteiger partial charge in [0.25, 0.3) is 0 Å². The first kappa shape index (κ1) is 29.8. The SMILES string of the molecule is O=C(CCC(CP(=O)(O)CCC(=O)OCc1ccccc1)C(=O)OCc1ccccc1)OCc1ccccc1. The van der Waals surface area contributed by atoms with Gasteiger partial charge in [-0.05, 0) is 23.1 Å². The molecular weight excluding hydrogens is 519 g/mol. The maximum Gasteiger partial charge on any atom is 0.309 e. The van der Waals surface area contributed by atoms with E-state index in [2.05, 4.69) is 0 Å². The summed E-state index contributed by atoms with van der Waals surface area (Å²) in [6.07, 6.45) is -1.19. The van der Waals surface area contributed by atoms with E-state index in [1.165, 1.54) is 0 Å². The highest BCUT2D eigenvalue weighted by molar-refractivity contribution is 7.58. The van der Waals surface area contributed by atoms with Crippen LogP contribution in [0.3, 0.4) is 0 Å². The Balaban J connectivity index is 1.53. The Hall–Kier alpha value is -3.74. The van der Waals surface area contributed by atoms with Crippen LogP contribution in [0.25, 0.3) is 0 Å². The fourth-order valence-corrected chi connectivity index (χ4v) is 5.48. The molecule has 0 aliphatic heterocycles. The van der Waals surface area contributed by atoms with Gasteiger partial charge >= 0.3 is 17.9 Å². The second kappa shape index (κ2) is 15.6. The minimum atomic E-state index is -3.92. The number of carbonyl (C=O) groups excluding carboxylic acids is 3. The van der Waals surface area contributed by atoms with E-state index in [1.807, 2.05) is 66.7 Å². The number of carbonyl (C=O) groups is 3. The summed E-state index contributed by atoms with van der Waals surface area (Å²) in [6, 6.07) is 27.3. The van der Waals surface area contributed by atoms with E-state index >= 15 is 0 Å². The second-order valence-corrected chi connectivity index (χ2v) is 11.6. The third-order valence-corrected chi connectivity index (χ3v) is 7.84. The van der Waals surface area contributed by atoms with Crippen molar-refractivity contribution in [3.8, 4) is 0 Å². The summed E-state index contributed by atoms with van der Waals surface area (Å²) in [7, 11) is -3.92. The Bertz CT molecular complexity index is 1230. The molecular formula is C30H33O8P. The van der Waals surface area contributed by atoms with Crippen LogP contribution in [0.15, 0.2) is 91.0 Å². The van der Waals surface area contributed by atoms with Crippen molar-refractivity contribution in [3.05, 3.63) is 108 Å². The molecule has 8 nitrogen and oxygen atoms in total. The molecule has 0 bridgehead atoms. The molecule has 0 aliphatic rings. The molecule has 2 unspecified atom stereocenters. The van der Waals surface area contributed by atoms with Crippen LogP contribution in [0.5, 0.6) is 0 Å². The minimum Gasteiger partial charge on any atom is -0.461 e. The van der Waals surface area contributed by atoms with Crippen LogP contribution in [0.1, 0.15) is 36.0 Å². The molecule has 0 amide bonds. The predicted octanol–water partition coefficient (Wildman–Crippen LogP) is 5.27. The van der Waals surface area contributed by atoms with Gasteiger partial charge in [0.2, 0.25) is 7.37 Å². The van der Waals surface area contributed by atoms with Gasteiger partial charge in [0, 0.05) is 18.7 Å². The van der Waals surface area contributed by atoms with Crippen LogP contribution in [0.4, 0.5) is 0 Å². The van der Waals surface area contributed by atoms with Crippen LogP contribution in [0.2, 0.25) is 0 Å². The molecule has 0 aromatic heterocycles. The highest BCUT2D eigenvalue weighted by atomic mass is 31.2. The Morgan fingerprint density at radius 2 is 1.05 bits per heavy atom. The summed E-state index contributed by atoms with van der Waals surface area (Å²) in [4.78, 5) is 47.9. The fourth-order valence-electron chi connectivity index (χ4n) is 3.74. The molecule has 3 aromatic rings. The number of rotatable bonds is 15. The summed E-state index contributed by atoms with van der Waals surface area (Å²) in [6.45, 7) is 0.150. The van der Waals surface area contributed by atoms with E-state index < -0.39 is 37.4 Å². The van der Waals surface area contributed by atoms with Crippen LogP contribution >= 0.6 is 7.37 Å². The molecule has 0 fully saturated rings. The molecule has 0 heterocycles. The largest absolute Gasteiger partial charge is 0.461 e. The monoisotopic (exact) mass is 552 g/mol. The zero-order valence-corrected chi connectivity index (χ0v) is 22.5. The van der Waals surface area contributed by atoms with Crippen molar-refractivity contribution in [1.29, 1.82) is 0 Å². The molecule has 206 valence electrons. The Kier molecular flexibility index (Phi) is 11.9. The first-order chi connectivity index (χ1) is 18.8. The highest BCUT2D eigenvalue weighted by Crippen LogP contribution is 2.44. The van der Waals surface area contributed by atoms with Gasteiger partial charge in [0.1, 0.15) is 19.8 Å². The lowest BCUT2D eigenvalue weighted by Crippen LogP contribution is -2.24. The first-order valence-electron chi connectivity index (χ1n) is 12.7. The molecule has 0 saturated carbocycles. The summed E-state index contributed by atoms with van der Waals surface area (Å²) < 4.78 is 28.8. The number of hydrogen-bond donors (Lipinski definition) is 1. The Morgan fingerprint density at radius 3 is 1.51 bits per heavy atom. The topological polar surface area (TPSA) is 116 Å². The van der Waals surface area contributed by atoms with E-state index in [0.717, 1.165) is 16.7 Å². The third-order valence-electron chi connectivity index (χ3n) is 5.91. The van der Waals surface area contributed by atoms with Crippen molar-refractivity contribution in [2.45, 2.75) is 39.1 Å². The number of ether oxygens (including phenoxy) is 3. The lowest BCUT2D eigenvalue weighted by Gasteiger charge is -2.19. The Morgan fingerprint density at radius 1 is 0.641 bits per heavy atom. The Labute approximate surface area is 228 Å². The summed E-state index contributed by atoms with van der Waals surface area (Å²) in [5, 5.41) is 0. The number of esters is 3. The van der Waals surface area contributed by atoms with Crippen molar-refractivity contribution in [3.63, 3.8) is 0 Å². The highest BCUT2D eigenvalue weighted by Gasteiger charge is 2.31. The van der Waals surface area contributed by atoms with Gasteiger partial charge in [-0.2, -0.15) is 0 Å². The molecule has 2 atom stereocenters. The number of benzene rings is 3. The van der Waals surface area contributed by atoms with Crippen LogP contribution in [0, 0.1) is 5.92 Å². The molecule has 0 radical (unpaired) electrons. The van der Waals surface area contributed by atoms with Crippen molar-refractivity contribution in [2.75, 3.05) is 12.3 Å². The van der Waals surface area contributed by atoms with E-state index in [-0.39, 0.29) is 45.2 Å². The number of hydrogen-bond acceptors (Lipinski definition) is 7. The van der Waals surface area contributed by atoms with Gasteiger partial charge < -0.3 is 19.1 Å². The molecule has 0 saturated heterocycles. The summed E-state index contributed by atoms with van der Waals surface area (Å²) >= 11 is 0. The zero-order chi connectivity index (χ0) is 27.9. The third kappa shape index (κ3) is 11.7. The van der Waals surface area contributed by atoms with Crippen molar-refractivity contribution < 1.29 is 38.1 Å². The molecule has 0 aliphatic carbocycles. The van der Waals surface area contributed by atoms with Gasteiger partial charge in [-0.1, -0.05) is 91.0 Å². The molecule has 1 N–H and O–H groups in total. The quantitative estimate of drug-likeness (QED) is 0.154. The van der Waals surface area contributed by atoms with Crippen molar-refractivity contribution in [2.24, 2.45) is 5.92 Å². The van der Waals surface area contributed by atoms with Gasteiger partial charge in [0.15, 0.2) is 0 Å². The van der Waals surface area contributed by atoms with Crippen LogP contribution in [-0.4, -0.2) is 35.1 Å². The van der Waals surface area contributed by atoms with Gasteiger partial charge in [-0.25, -0.2) is 0 Å². The molecule has 0 spiro atoms. The molecule has 3 aromatic carbocycles. The van der Waals surface area contributed by atoms with E-state index in [9.17, 15) is 23.8 Å². The predicted molar refractivity (Wildman–Crippen MR) is 146 cm³/mol. The lowest BCUT2D eigenvalue weighted by atomic mass is 10.1. The first-order valence-corrected chi connectivity index (χ1v) is 14.7. The van der Waals surface area contributed by atoms with Gasteiger partial charge in [0.05, 0.1) is 12.3 Å². The summed E-state index contributed by atoms with van der Waals surface area (Å²) in [5.41, 5.74) is 2.39. The second-order valence-electron chi connectivity index (χ2n) is 9.12. The van der Waals surface area contributed by atoms with Gasteiger partial charge in [-0.15, -0.1) is 0 Å². The normalized spacial score (nSPS) is 13.1. The van der Waals surface area contributed by atoms with E-state index in [4.69, 9.17) is 14.2 Å². The standard InChI is InChI=1S/C30H33O8P/c31-28(36-20-24-10-4-1-5-11-24)17-16-27(30(33)38-22-26-14-8-3-9-15-26)23-39(34,35)19-18-29(32)37-21-25-12-6-2-7-13-25/h1-15,27H,16-23H2,(H,34,35). The van der Waals surface area contributed by atoms with Gasteiger partial charge in [-0.3, -0.25) is 18.9 Å². The summed E-state index contributed by atoms with van der Waals surface area (Å²) in [5.74, 6) is -2.84. The maximum absolute atomic E-state index is 13.0. The molecule has 3 rings (SSSR count). The van der Waals surface area contributed by atoms with Crippen LogP contribution in [-0.2, 0) is 53.0 Å². The smallest absolute Gasteiger partial charge is 0.309 e. The molecule has 39 heavy (non-hydrogen) atoms. The maximum atomic E-state index is 13.0. The van der Waals surface area contributed by atoms with Crippen LogP contribution < -0.4 is 0 Å². The lowest BCUT2D eigenvalue weighted by molar-refractivity contribution is -0.150. The average Bonchev–Trinajstić information content (AvgIpc) is 2.96.